The van der Waals surface area contributed by atoms with Gasteiger partial charge in [0.05, 0.1) is 11.8 Å². The summed E-state index contributed by atoms with van der Waals surface area (Å²) in [6.07, 6.45) is 8.28. The molecule has 0 radical (unpaired) electrons. The Labute approximate surface area is 110 Å². The van der Waals surface area contributed by atoms with Crippen LogP contribution in [0.3, 0.4) is 0 Å². The van der Waals surface area contributed by atoms with Crippen molar-refractivity contribution in [1.29, 1.82) is 5.26 Å². The summed E-state index contributed by atoms with van der Waals surface area (Å²) in [6, 6.07) is 2.16. The van der Waals surface area contributed by atoms with Gasteiger partial charge in [0.25, 0.3) is 0 Å². The first-order chi connectivity index (χ1) is 8.62. The summed E-state index contributed by atoms with van der Waals surface area (Å²) in [5, 5.41) is 8.40. The topological polar surface area (TPSA) is 70.0 Å². The molecule has 102 valence electrons. The van der Waals surface area contributed by atoms with E-state index >= 15 is 0 Å². The van der Waals surface area contributed by atoms with Crippen molar-refractivity contribution in [2.75, 3.05) is 5.75 Å². The maximum atomic E-state index is 11.8. The Hall–Kier alpha value is -0.600. The maximum Gasteiger partial charge on any atom is 0.211 e. The van der Waals surface area contributed by atoms with Crippen LogP contribution in [0.2, 0.25) is 0 Å². The molecule has 0 aliphatic heterocycles. The van der Waals surface area contributed by atoms with Gasteiger partial charge >= 0.3 is 0 Å². The molecular weight excluding hydrogens is 248 g/mol. The highest BCUT2D eigenvalue weighted by atomic mass is 32.2. The van der Waals surface area contributed by atoms with Crippen LogP contribution in [0.15, 0.2) is 0 Å². The third-order valence-electron chi connectivity index (χ3n) is 4.13. The van der Waals surface area contributed by atoms with Gasteiger partial charge in [-0.25, -0.2) is 13.1 Å². The minimum Gasteiger partial charge on any atom is -0.212 e. The molecule has 18 heavy (non-hydrogen) atoms. The molecule has 2 saturated carbocycles. The van der Waals surface area contributed by atoms with Crippen LogP contribution in [-0.2, 0) is 10.0 Å². The van der Waals surface area contributed by atoms with E-state index in [1.807, 2.05) is 6.07 Å². The SMILES string of the molecule is N#CCCCS(=O)(=O)N[C@@H]1C[C@@H]1C1CCCCC1. The Morgan fingerprint density at radius 1 is 1.22 bits per heavy atom. The van der Waals surface area contributed by atoms with Crippen molar-refractivity contribution in [3.05, 3.63) is 0 Å². The zero-order chi connectivity index (χ0) is 13.0. The molecule has 0 spiro atoms. The lowest BCUT2D eigenvalue weighted by Crippen LogP contribution is -2.30. The largest absolute Gasteiger partial charge is 0.212 e. The van der Waals surface area contributed by atoms with Gasteiger partial charge in [-0.05, 0) is 24.7 Å². The van der Waals surface area contributed by atoms with E-state index in [0.29, 0.717) is 18.8 Å². The first-order valence-electron chi connectivity index (χ1n) is 6.99. The summed E-state index contributed by atoms with van der Waals surface area (Å²) in [5.41, 5.74) is 0. The van der Waals surface area contributed by atoms with Gasteiger partial charge < -0.3 is 0 Å². The molecule has 0 amide bonds. The fourth-order valence-electron chi connectivity index (χ4n) is 3.06. The van der Waals surface area contributed by atoms with Gasteiger partial charge in [-0.3, -0.25) is 0 Å². The first-order valence-corrected chi connectivity index (χ1v) is 8.64. The quantitative estimate of drug-likeness (QED) is 0.752. The minimum absolute atomic E-state index is 0.0917. The fraction of sp³-hybridized carbons (Fsp3) is 0.923. The average Bonchev–Trinajstić information content (AvgIpc) is 3.09. The predicted molar refractivity (Wildman–Crippen MR) is 70.2 cm³/mol. The van der Waals surface area contributed by atoms with Crippen molar-refractivity contribution in [3.63, 3.8) is 0 Å². The number of unbranched alkanes of at least 4 members (excludes halogenated alkanes) is 1. The van der Waals surface area contributed by atoms with E-state index in [2.05, 4.69) is 4.72 Å². The molecule has 0 aromatic carbocycles. The van der Waals surface area contributed by atoms with Crippen molar-refractivity contribution in [2.24, 2.45) is 11.8 Å². The normalized spacial score (nSPS) is 28.8. The third kappa shape index (κ3) is 3.96. The summed E-state index contributed by atoms with van der Waals surface area (Å²) >= 11 is 0. The number of hydrogen-bond acceptors (Lipinski definition) is 3. The highest BCUT2D eigenvalue weighted by molar-refractivity contribution is 7.89. The van der Waals surface area contributed by atoms with Gasteiger partial charge in [-0.1, -0.05) is 32.1 Å². The lowest BCUT2D eigenvalue weighted by atomic mass is 9.86. The van der Waals surface area contributed by atoms with Crippen LogP contribution in [0.1, 0.15) is 51.4 Å². The van der Waals surface area contributed by atoms with E-state index in [-0.39, 0.29) is 11.8 Å². The summed E-state index contributed by atoms with van der Waals surface area (Å²) in [6.45, 7) is 0. The van der Waals surface area contributed by atoms with Crippen molar-refractivity contribution in [1.82, 2.24) is 4.72 Å². The van der Waals surface area contributed by atoms with Gasteiger partial charge in [0.1, 0.15) is 0 Å². The van der Waals surface area contributed by atoms with Crippen LogP contribution >= 0.6 is 0 Å². The summed E-state index contributed by atoms with van der Waals surface area (Å²) in [5.74, 6) is 1.41. The molecule has 0 saturated heterocycles. The predicted octanol–water partition coefficient (Wildman–Crippen LogP) is 2.18. The smallest absolute Gasteiger partial charge is 0.211 e. The van der Waals surface area contributed by atoms with E-state index < -0.39 is 10.0 Å². The molecule has 1 N–H and O–H groups in total. The fourth-order valence-corrected chi connectivity index (χ4v) is 4.44. The molecule has 4 nitrogen and oxygen atoms in total. The molecule has 0 heterocycles. The lowest BCUT2D eigenvalue weighted by Gasteiger charge is -2.21. The van der Waals surface area contributed by atoms with Crippen LogP contribution in [0.25, 0.3) is 0 Å². The molecule has 0 unspecified atom stereocenters. The zero-order valence-corrected chi connectivity index (χ0v) is 11.6. The highest BCUT2D eigenvalue weighted by Gasteiger charge is 2.44. The lowest BCUT2D eigenvalue weighted by molar-refractivity contribution is 0.316. The second kappa shape index (κ2) is 6.03. The molecule has 0 aromatic heterocycles. The number of nitriles is 1. The summed E-state index contributed by atoms with van der Waals surface area (Å²) in [7, 11) is -3.16. The van der Waals surface area contributed by atoms with Crippen molar-refractivity contribution in [2.45, 2.75) is 57.4 Å². The van der Waals surface area contributed by atoms with Crippen LogP contribution in [0.4, 0.5) is 0 Å². The monoisotopic (exact) mass is 270 g/mol. The Morgan fingerprint density at radius 2 is 1.94 bits per heavy atom. The zero-order valence-electron chi connectivity index (χ0n) is 10.8. The summed E-state index contributed by atoms with van der Waals surface area (Å²) < 4.78 is 26.3. The van der Waals surface area contributed by atoms with Gasteiger partial charge in [-0.15, -0.1) is 0 Å². The second-order valence-electron chi connectivity index (χ2n) is 5.60. The molecule has 2 aliphatic carbocycles. The van der Waals surface area contributed by atoms with Crippen LogP contribution in [0.5, 0.6) is 0 Å². The van der Waals surface area contributed by atoms with E-state index in [1.165, 1.54) is 32.1 Å². The molecule has 2 aliphatic rings. The van der Waals surface area contributed by atoms with E-state index in [4.69, 9.17) is 5.26 Å². The number of hydrogen-bond donors (Lipinski definition) is 1. The van der Waals surface area contributed by atoms with E-state index in [1.54, 1.807) is 0 Å². The van der Waals surface area contributed by atoms with Crippen molar-refractivity contribution >= 4 is 10.0 Å². The molecule has 5 heteroatoms. The van der Waals surface area contributed by atoms with Crippen LogP contribution in [-0.4, -0.2) is 20.2 Å². The van der Waals surface area contributed by atoms with Gasteiger partial charge in [0, 0.05) is 12.5 Å². The maximum absolute atomic E-state index is 11.8. The standard InChI is InChI=1S/C13H22N2O2S/c14-8-4-5-9-18(16,17)15-13-10-12(13)11-6-2-1-3-7-11/h11-13,15H,1-7,9-10H2/t12-,13-/m1/s1. The Bertz CT molecular complexity index is 407. The molecule has 2 rings (SSSR count). The average molecular weight is 270 g/mol. The molecular formula is C13H22N2O2S. The number of sulfonamides is 1. The Kier molecular flexibility index (Phi) is 4.63. The first kappa shape index (κ1) is 13.8. The van der Waals surface area contributed by atoms with Crippen molar-refractivity contribution < 1.29 is 8.42 Å². The Balaban J connectivity index is 1.73. The number of nitrogens with one attached hydrogen (secondary N) is 1. The minimum atomic E-state index is -3.16. The van der Waals surface area contributed by atoms with E-state index in [0.717, 1.165) is 12.3 Å². The molecule has 2 atom stereocenters. The van der Waals surface area contributed by atoms with Gasteiger partial charge in [0.2, 0.25) is 10.0 Å². The van der Waals surface area contributed by atoms with Gasteiger partial charge in [0.15, 0.2) is 0 Å². The molecule has 0 bridgehead atoms. The number of nitrogens with zero attached hydrogens (tertiary/aromatic N) is 1. The van der Waals surface area contributed by atoms with Crippen LogP contribution < -0.4 is 4.72 Å². The van der Waals surface area contributed by atoms with Crippen molar-refractivity contribution in [3.8, 4) is 6.07 Å². The Morgan fingerprint density at radius 3 is 2.61 bits per heavy atom. The van der Waals surface area contributed by atoms with E-state index in [9.17, 15) is 8.42 Å². The van der Waals surface area contributed by atoms with Crippen LogP contribution in [0, 0.1) is 23.2 Å². The number of rotatable bonds is 6. The van der Waals surface area contributed by atoms with Gasteiger partial charge in [-0.2, -0.15) is 5.26 Å². The second-order valence-corrected chi connectivity index (χ2v) is 7.48. The third-order valence-corrected chi connectivity index (χ3v) is 5.62. The molecule has 2 fully saturated rings. The highest BCUT2D eigenvalue weighted by Crippen LogP contribution is 2.44. The molecule has 0 aromatic rings. The summed E-state index contributed by atoms with van der Waals surface area (Å²) in [4.78, 5) is 0.